The normalized spacial score (nSPS) is 20.6. The van der Waals surface area contributed by atoms with Crippen molar-refractivity contribution in [2.24, 2.45) is 0 Å². The largest absolute Gasteiger partial charge is 0.476 e. The number of ether oxygens (including phenoxy) is 2. The Morgan fingerprint density at radius 3 is 3.41 bits per heavy atom. The lowest BCUT2D eigenvalue weighted by atomic mass is 10.3. The van der Waals surface area contributed by atoms with Gasteiger partial charge in [0.2, 0.25) is 0 Å². The Labute approximate surface area is 99.4 Å². The average molecular weight is 233 g/mol. The Hall–Kier alpha value is -1.59. The highest BCUT2D eigenvalue weighted by Gasteiger charge is 2.14. The van der Waals surface area contributed by atoms with Crippen LogP contribution in [0.4, 0.5) is 0 Å². The Morgan fingerprint density at radius 2 is 2.53 bits per heavy atom. The van der Waals surface area contributed by atoms with Crippen LogP contribution in [0.2, 0.25) is 0 Å². The molecule has 1 saturated heterocycles. The lowest BCUT2D eigenvalue weighted by molar-refractivity contribution is -0.000982. The van der Waals surface area contributed by atoms with E-state index in [-0.39, 0.29) is 6.10 Å². The molecule has 1 fully saturated rings. The number of fused-ring (bicyclic) bond motifs is 1. The van der Waals surface area contributed by atoms with Gasteiger partial charge in [-0.1, -0.05) is 6.07 Å². The molecule has 1 atom stereocenters. The highest BCUT2D eigenvalue weighted by Crippen LogP contribution is 2.14. The number of aromatic nitrogens is 2. The summed E-state index contributed by atoms with van der Waals surface area (Å²) in [5.74, 6) is 0.800. The Kier molecular flexibility index (Phi) is 2.94. The molecule has 0 spiro atoms. The average Bonchev–Trinajstić information content (AvgIpc) is 2.86. The maximum atomic E-state index is 5.78. The number of pyridine rings is 1. The summed E-state index contributed by atoms with van der Waals surface area (Å²) in [5.41, 5.74) is 0.894. The molecule has 0 radical (unpaired) electrons. The van der Waals surface area contributed by atoms with E-state index in [0.29, 0.717) is 6.61 Å². The van der Waals surface area contributed by atoms with Gasteiger partial charge in [-0.15, -0.1) is 0 Å². The van der Waals surface area contributed by atoms with Gasteiger partial charge in [-0.2, -0.15) is 0 Å². The fraction of sp³-hybridized carbons (Fsp3) is 0.417. The molecule has 0 aromatic carbocycles. The van der Waals surface area contributed by atoms with E-state index in [2.05, 4.69) is 10.3 Å². The van der Waals surface area contributed by atoms with Crippen LogP contribution in [0.15, 0.2) is 30.6 Å². The molecular weight excluding hydrogens is 218 g/mol. The van der Waals surface area contributed by atoms with E-state index in [1.807, 2.05) is 28.8 Å². The minimum absolute atomic E-state index is 0.127. The summed E-state index contributed by atoms with van der Waals surface area (Å²) in [6, 6.07) is 5.83. The van der Waals surface area contributed by atoms with Gasteiger partial charge >= 0.3 is 0 Å². The number of nitrogens with one attached hydrogen (secondary N) is 1. The van der Waals surface area contributed by atoms with Crippen LogP contribution in [-0.2, 0) is 4.74 Å². The minimum atomic E-state index is 0.127. The van der Waals surface area contributed by atoms with Crippen LogP contribution in [0.25, 0.3) is 5.65 Å². The molecule has 1 N–H and O–H groups in total. The van der Waals surface area contributed by atoms with Gasteiger partial charge in [-0.05, 0) is 12.1 Å². The first-order valence-corrected chi connectivity index (χ1v) is 5.81. The van der Waals surface area contributed by atoms with Crippen molar-refractivity contribution in [2.45, 2.75) is 6.10 Å². The summed E-state index contributed by atoms with van der Waals surface area (Å²) >= 11 is 0. The molecular formula is C12H15N3O2. The highest BCUT2D eigenvalue weighted by atomic mass is 16.5. The van der Waals surface area contributed by atoms with Crippen LogP contribution in [-0.4, -0.2) is 41.8 Å². The number of morpholine rings is 1. The number of imidazole rings is 1. The minimum Gasteiger partial charge on any atom is -0.476 e. The smallest absolute Gasteiger partial charge is 0.199 e. The third-order valence-corrected chi connectivity index (χ3v) is 2.81. The van der Waals surface area contributed by atoms with E-state index in [4.69, 9.17) is 9.47 Å². The van der Waals surface area contributed by atoms with Gasteiger partial charge in [0, 0.05) is 25.5 Å². The van der Waals surface area contributed by atoms with Gasteiger partial charge in [0.15, 0.2) is 5.88 Å². The Balaban J connectivity index is 1.69. The molecule has 3 rings (SSSR count). The molecule has 90 valence electrons. The second-order valence-electron chi connectivity index (χ2n) is 4.03. The zero-order chi connectivity index (χ0) is 11.5. The summed E-state index contributed by atoms with van der Waals surface area (Å²) in [5, 5.41) is 3.28. The summed E-state index contributed by atoms with van der Waals surface area (Å²) in [6.07, 6.45) is 3.79. The van der Waals surface area contributed by atoms with Gasteiger partial charge in [0.05, 0.1) is 6.61 Å². The van der Waals surface area contributed by atoms with Gasteiger partial charge in [-0.3, -0.25) is 4.40 Å². The third-order valence-electron chi connectivity index (χ3n) is 2.81. The van der Waals surface area contributed by atoms with Crippen LogP contribution < -0.4 is 10.1 Å². The lowest BCUT2D eigenvalue weighted by Crippen LogP contribution is -2.41. The van der Waals surface area contributed by atoms with Gasteiger partial charge in [-0.25, -0.2) is 4.98 Å². The van der Waals surface area contributed by atoms with Crippen molar-refractivity contribution in [1.82, 2.24) is 14.7 Å². The zero-order valence-electron chi connectivity index (χ0n) is 9.50. The molecule has 5 heteroatoms. The van der Waals surface area contributed by atoms with Crippen LogP contribution >= 0.6 is 0 Å². The van der Waals surface area contributed by atoms with Crippen molar-refractivity contribution < 1.29 is 9.47 Å². The number of rotatable bonds is 3. The number of nitrogens with zero attached hydrogens (tertiary/aromatic N) is 2. The monoisotopic (exact) mass is 233 g/mol. The second kappa shape index (κ2) is 4.73. The quantitative estimate of drug-likeness (QED) is 0.848. The van der Waals surface area contributed by atoms with Crippen molar-refractivity contribution in [3.05, 3.63) is 30.6 Å². The summed E-state index contributed by atoms with van der Waals surface area (Å²) < 4.78 is 13.3. The van der Waals surface area contributed by atoms with E-state index in [9.17, 15) is 0 Å². The van der Waals surface area contributed by atoms with Crippen LogP contribution in [0.5, 0.6) is 5.88 Å². The summed E-state index contributed by atoms with van der Waals surface area (Å²) in [7, 11) is 0. The van der Waals surface area contributed by atoms with Crippen LogP contribution in [0.3, 0.4) is 0 Å². The fourth-order valence-electron chi connectivity index (χ4n) is 1.94. The molecule has 3 heterocycles. The van der Waals surface area contributed by atoms with Gasteiger partial charge in [0.25, 0.3) is 0 Å². The van der Waals surface area contributed by atoms with Crippen molar-refractivity contribution in [3.8, 4) is 5.88 Å². The summed E-state index contributed by atoms with van der Waals surface area (Å²) in [6.45, 7) is 3.08. The van der Waals surface area contributed by atoms with Crippen LogP contribution in [0, 0.1) is 0 Å². The molecule has 5 nitrogen and oxygen atoms in total. The zero-order valence-corrected chi connectivity index (χ0v) is 9.50. The topological polar surface area (TPSA) is 47.8 Å². The van der Waals surface area contributed by atoms with Gasteiger partial charge in [0.1, 0.15) is 18.4 Å². The molecule has 0 amide bonds. The first-order valence-electron chi connectivity index (χ1n) is 5.81. The van der Waals surface area contributed by atoms with Crippen molar-refractivity contribution in [2.75, 3.05) is 26.3 Å². The molecule has 17 heavy (non-hydrogen) atoms. The van der Waals surface area contributed by atoms with Gasteiger partial charge < -0.3 is 14.8 Å². The molecule has 0 aliphatic carbocycles. The molecule has 0 saturated carbocycles. The number of hydrogen-bond acceptors (Lipinski definition) is 4. The molecule has 1 aliphatic heterocycles. The number of hydrogen-bond donors (Lipinski definition) is 1. The fourth-order valence-corrected chi connectivity index (χ4v) is 1.94. The SMILES string of the molecule is c1cc(OCC2CNCCO2)n2ccnc2c1. The van der Waals surface area contributed by atoms with E-state index in [0.717, 1.165) is 31.2 Å². The van der Waals surface area contributed by atoms with E-state index in [1.165, 1.54) is 0 Å². The standard InChI is InChI=1S/C12H15N3O2/c1-2-11-14-4-6-15(11)12(3-1)17-9-10-8-13-5-7-16-10/h1-4,6,10,13H,5,7-9H2. The molecule has 2 aromatic heterocycles. The predicted octanol–water partition coefficient (Wildman–Crippen LogP) is 0.701. The first kappa shape index (κ1) is 10.6. The van der Waals surface area contributed by atoms with Crippen molar-refractivity contribution >= 4 is 5.65 Å². The van der Waals surface area contributed by atoms with E-state index >= 15 is 0 Å². The second-order valence-corrected chi connectivity index (χ2v) is 4.03. The molecule has 0 bridgehead atoms. The van der Waals surface area contributed by atoms with E-state index in [1.54, 1.807) is 6.20 Å². The Bertz CT molecular complexity index is 491. The maximum absolute atomic E-state index is 5.78. The van der Waals surface area contributed by atoms with Crippen molar-refractivity contribution in [1.29, 1.82) is 0 Å². The maximum Gasteiger partial charge on any atom is 0.199 e. The van der Waals surface area contributed by atoms with E-state index < -0.39 is 0 Å². The molecule has 1 aliphatic rings. The Morgan fingerprint density at radius 1 is 1.53 bits per heavy atom. The molecule has 1 unspecified atom stereocenters. The molecule has 2 aromatic rings. The predicted molar refractivity (Wildman–Crippen MR) is 63.3 cm³/mol. The van der Waals surface area contributed by atoms with Crippen LogP contribution in [0.1, 0.15) is 0 Å². The summed E-state index contributed by atoms with van der Waals surface area (Å²) in [4.78, 5) is 4.21. The first-order chi connectivity index (χ1) is 8.43. The lowest BCUT2D eigenvalue weighted by Gasteiger charge is -2.23. The van der Waals surface area contributed by atoms with Crippen molar-refractivity contribution in [3.63, 3.8) is 0 Å². The third kappa shape index (κ3) is 2.25. The highest BCUT2D eigenvalue weighted by molar-refractivity contribution is 5.41.